The molecule has 1 aliphatic heterocycles. The van der Waals surface area contributed by atoms with Gasteiger partial charge in [0, 0.05) is 18.8 Å². The molecule has 1 fully saturated rings. The normalized spacial score (nSPS) is 26.0. The highest BCUT2D eigenvalue weighted by Crippen LogP contribution is 2.35. The van der Waals surface area contributed by atoms with Crippen LogP contribution in [0.3, 0.4) is 0 Å². The van der Waals surface area contributed by atoms with Gasteiger partial charge in [0.25, 0.3) is 0 Å². The lowest BCUT2D eigenvalue weighted by molar-refractivity contribution is -0.347. The zero-order chi connectivity index (χ0) is 14.0. The molecule has 0 bridgehead atoms. The molecule has 0 aromatic carbocycles. The van der Waals surface area contributed by atoms with E-state index in [1.165, 1.54) is 0 Å². The Bertz CT molecular complexity index is 391. The van der Waals surface area contributed by atoms with Crippen molar-refractivity contribution < 1.29 is 17.9 Å². The van der Waals surface area contributed by atoms with Gasteiger partial charge in [-0.15, -0.1) is 13.2 Å². The van der Waals surface area contributed by atoms with Gasteiger partial charge in [0.05, 0.1) is 17.8 Å². The summed E-state index contributed by atoms with van der Waals surface area (Å²) >= 11 is 0. The Morgan fingerprint density at radius 1 is 1.47 bits per heavy atom. The Morgan fingerprint density at radius 2 is 2.21 bits per heavy atom. The van der Waals surface area contributed by atoms with Crippen LogP contribution in [0.2, 0.25) is 0 Å². The fraction of sp³-hybridized carbons (Fsp3) is 0.750. The van der Waals surface area contributed by atoms with Gasteiger partial charge in [0.2, 0.25) is 0 Å². The van der Waals surface area contributed by atoms with Crippen molar-refractivity contribution >= 4 is 0 Å². The third-order valence-corrected chi connectivity index (χ3v) is 3.44. The first-order chi connectivity index (χ1) is 8.87. The molecule has 1 N–H and O–H groups in total. The van der Waals surface area contributed by atoms with Crippen LogP contribution >= 0.6 is 0 Å². The second-order valence-corrected chi connectivity index (χ2v) is 5.07. The number of aromatic nitrogens is 2. The molecule has 1 aromatic rings. The largest absolute Gasteiger partial charge is 0.522 e. The molecule has 0 radical (unpaired) electrons. The summed E-state index contributed by atoms with van der Waals surface area (Å²) in [5.41, 5.74) is 0.837. The SMILES string of the molecule is CC(C)N1CC[C@@H](OC(F)(F)F)C[C@H]1c1ccn[nH]1. The van der Waals surface area contributed by atoms with Crippen LogP contribution in [0.5, 0.6) is 0 Å². The van der Waals surface area contributed by atoms with Crippen molar-refractivity contribution in [3.63, 3.8) is 0 Å². The van der Waals surface area contributed by atoms with Crippen LogP contribution in [0.25, 0.3) is 0 Å². The van der Waals surface area contributed by atoms with Crippen molar-refractivity contribution in [3.05, 3.63) is 18.0 Å². The number of alkyl halides is 3. The predicted octanol–water partition coefficient (Wildman–Crippen LogP) is 2.86. The molecule has 108 valence electrons. The zero-order valence-electron chi connectivity index (χ0n) is 10.9. The van der Waals surface area contributed by atoms with Crippen LogP contribution in [0.4, 0.5) is 13.2 Å². The quantitative estimate of drug-likeness (QED) is 0.923. The minimum atomic E-state index is -4.57. The summed E-state index contributed by atoms with van der Waals surface area (Å²) < 4.78 is 41.1. The van der Waals surface area contributed by atoms with Gasteiger partial charge in [-0.1, -0.05) is 0 Å². The van der Waals surface area contributed by atoms with Crippen LogP contribution in [0, 0.1) is 0 Å². The minimum Gasteiger partial charge on any atom is -0.292 e. The van der Waals surface area contributed by atoms with Crippen molar-refractivity contribution in [1.29, 1.82) is 0 Å². The number of nitrogens with zero attached hydrogens (tertiary/aromatic N) is 2. The number of ether oxygens (including phenoxy) is 1. The Kier molecular flexibility index (Phi) is 4.15. The Hall–Kier alpha value is -1.08. The standard InChI is InChI=1S/C12H18F3N3O/c1-8(2)18-6-4-9(19-12(13,14)15)7-11(18)10-3-5-16-17-10/h3,5,8-9,11H,4,6-7H2,1-2H3,(H,16,17)/t9-,11+/m1/s1. The Balaban J connectivity index is 2.10. The molecule has 1 saturated heterocycles. The van der Waals surface area contributed by atoms with E-state index in [0.29, 0.717) is 19.4 Å². The fourth-order valence-electron chi connectivity index (χ4n) is 2.62. The van der Waals surface area contributed by atoms with Crippen LogP contribution in [0.15, 0.2) is 12.3 Å². The summed E-state index contributed by atoms with van der Waals surface area (Å²) in [6.45, 7) is 4.66. The Morgan fingerprint density at radius 3 is 2.74 bits per heavy atom. The summed E-state index contributed by atoms with van der Waals surface area (Å²) in [6, 6.07) is 1.96. The van der Waals surface area contributed by atoms with Gasteiger partial charge in [-0.25, -0.2) is 0 Å². The Labute approximate surface area is 109 Å². The minimum absolute atomic E-state index is 0.108. The van der Waals surface area contributed by atoms with Crippen LogP contribution < -0.4 is 0 Å². The number of likely N-dealkylation sites (tertiary alicyclic amines) is 1. The smallest absolute Gasteiger partial charge is 0.292 e. The molecule has 0 unspecified atom stereocenters. The molecule has 4 nitrogen and oxygen atoms in total. The number of hydrogen-bond donors (Lipinski definition) is 1. The second-order valence-electron chi connectivity index (χ2n) is 5.07. The predicted molar refractivity (Wildman–Crippen MR) is 63.3 cm³/mol. The van der Waals surface area contributed by atoms with Crippen molar-refractivity contribution in [1.82, 2.24) is 15.1 Å². The van der Waals surface area contributed by atoms with Crippen molar-refractivity contribution in [3.8, 4) is 0 Å². The molecular weight excluding hydrogens is 259 g/mol. The third kappa shape index (κ3) is 3.70. The summed E-state index contributed by atoms with van der Waals surface area (Å²) in [6.07, 6.45) is -3.03. The summed E-state index contributed by atoms with van der Waals surface area (Å²) in [4.78, 5) is 2.17. The monoisotopic (exact) mass is 277 g/mol. The highest BCUT2D eigenvalue weighted by Gasteiger charge is 2.39. The summed E-state index contributed by atoms with van der Waals surface area (Å²) in [7, 11) is 0. The van der Waals surface area contributed by atoms with E-state index in [-0.39, 0.29) is 12.1 Å². The fourth-order valence-corrected chi connectivity index (χ4v) is 2.62. The van der Waals surface area contributed by atoms with E-state index in [0.717, 1.165) is 5.69 Å². The van der Waals surface area contributed by atoms with Gasteiger partial charge >= 0.3 is 6.36 Å². The number of piperidine rings is 1. The summed E-state index contributed by atoms with van der Waals surface area (Å²) in [5, 5.41) is 6.72. The molecule has 1 aromatic heterocycles. The number of hydrogen-bond acceptors (Lipinski definition) is 3. The maximum absolute atomic E-state index is 12.3. The van der Waals surface area contributed by atoms with E-state index in [9.17, 15) is 13.2 Å². The van der Waals surface area contributed by atoms with Gasteiger partial charge < -0.3 is 0 Å². The average molecular weight is 277 g/mol. The lowest BCUT2D eigenvalue weighted by Crippen LogP contribution is -2.44. The van der Waals surface area contributed by atoms with E-state index in [1.807, 2.05) is 13.8 Å². The van der Waals surface area contributed by atoms with E-state index in [2.05, 4.69) is 19.8 Å². The highest BCUT2D eigenvalue weighted by molar-refractivity contribution is 5.07. The average Bonchev–Trinajstić information content (AvgIpc) is 2.79. The first-order valence-corrected chi connectivity index (χ1v) is 6.36. The van der Waals surface area contributed by atoms with Crippen LogP contribution in [-0.4, -0.2) is 40.2 Å². The lowest BCUT2D eigenvalue weighted by Gasteiger charge is -2.41. The molecule has 7 heteroatoms. The number of aromatic amines is 1. The van der Waals surface area contributed by atoms with E-state index in [1.54, 1.807) is 12.3 Å². The second kappa shape index (κ2) is 5.50. The van der Waals surface area contributed by atoms with Gasteiger partial charge in [-0.3, -0.25) is 14.7 Å². The topological polar surface area (TPSA) is 41.1 Å². The maximum Gasteiger partial charge on any atom is 0.522 e. The number of H-pyrrole nitrogens is 1. The van der Waals surface area contributed by atoms with E-state index in [4.69, 9.17) is 0 Å². The molecule has 0 spiro atoms. The number of rotatable bonds is 3. The maximum atomic E-state index is 12.3. The molecule has 0 amide bonds. The molecular formula is C12H18F3N3O. The first kappa shape index (κ1) is 14.3. The van der Waals surface area contributed by atoms with Crippen molar-refractivity contribution in [2.75, 3.05) is 6.54 Å². The van der Waals surface area contributed by atoms with Gasteiger partial charge in [0.15, 0.2) is 0 Å². The molecule has 1 aliphatic rings. The van der Waals surface area contributed by atoms with E-state index >= 15 is 0 Å². The highest BCUT2D eigenvalue weighted by atomic mass is 19.4. The number of nitrogens with one attached hydrogen (secondary N) is 1. The molecule has 0 saturated carbocycles. The summed E-state index contributed by atoms with van der Waals surface area (Å²) in [5.74, 6) is 0. The van der Waals surface area contributed by atoms with E-state index < -0.39 is 12.5 Å². The van der Waals surface area contributed by atoms with Crippen molar-refractivity contribution in [2.24, 2.45) is 0 Å². The zero-order valence-corrected chi connectivity index (χ0v) is 10.9. The lowest BCUT2D eigenvalue weighted by atomic mass is 9.95. The van der Waals surface area contributed by atoms with Gasteiger partial charge in [0.1, 0.15) is 0 Å². The number of halogens is 3. The molecule has 2 atom stereocenters. The van der Waals surface area contributed by atoms with Crippen LogP contribution in [0.1, 0.15) is 38.4 Å². The van der Waals surface area contributed by atoms with Crippen molar-refractivity contribution in [2.45, 2.75) is 51.2 Å². The molecule has 2 heterocycles. The molecule has 19 heavy (non-hydrogen) atoms. The van der Waals surface area contributed by atoms with Gasteiger partial charge in [-0.05, 0) is 32.8 Å². The van der Waals surface area contributed by atoms with Gasteiger partial charge in [-0.2, -0.15) is 5.10 Å². The molecule has 0 aliphatic carbocycles. The first-order valence-electron chi connectivity index (χ1n) is 6.36. The van der Waals surface area contributed by atoms with Crippen LogP contribution in [-0.2, 0) is 4.74 Å². The molecule has 2 rings (SSSR count). The third-order valence-electron chi connectivity index (χ3n) is 3.44.